The van der Waals surface area contributed by atoms with E-state index in [9.17, 15) is 9.59 Å². The van der Waals surface area contributed by atoms with Gasteiger partial charge in [0, 0.05) is 43.7 Å². The molecule has 6 N–H and O–H groups in total. The van der Waals surface area contributed by atoms with Crippen molar-refractivity contribution >= 4 is 35.7 Å². The number of carbonyl (C=O) groups excluding carboxylic acids is 2. The highest BCUT2D eigenvalue weighted by Crippen LogP contribution is 2.27. The van der Waals surface area contributed by atoms with Crippen LogP contribution >= 0.6 is 11.8 Å². The molecule has 1 aliphatic heterocycles. The number of anilines is 1. The van der Waals surface area contributed by atoms with Crippen molar-refractivity contribution in [3.8, 4) is 0 Å². The Labute approximate surface area is 219 Å². The van der Waals surface area contributed by atoms with E-state index in [4.69, 9.17) is 16.6 Å². The quantitative estimate of drug-likeness (QED) is 0.0802. The first-order valence-electron chi connectivity index (χ1n) is 12.4. The van der Waals surface area contributed by atoms with E-state index in [1.807, 2.05) is 25.7 Å². The second kappa shape index (κ2) is 13.6. The van der Waals surface area contributed by atoms with Crippen LogP contribution < -0.4 is 22.4 Å². The average molecular weight is 522 g/mol. The number of likely N-dealkylation sites (tertiary alicyclic amines) is 1. The van der Waals surface area contributed by atoms with Gasteiger partial charge in [-0.25, -0.2) is 21.3 Å². The molecule has 2 unspecified atom stereocenters. The molecular weight excluding hydrogens is 478 g/mol. The van der Waals surface area contributed by atoms with Gasteiger partial charge in [0.25, 0.3) is 5.91 Å². The summed E-state index contributed by atoms with van der Waals surface area (Å²) in [5, 5.41) is 7.29. The number of thioether (sulfide) groups is 1. The average Bonchev–Trinajstić information content (AvgIpc) is 2.83. The second-order valence-electron chi connectivity index (χ2n) is 10.6. The van der Waals surface area contributed by atoms with Gasteiger partial charge in [0.2, 0.25) is 6.41 Å². The highest BCUT2D eigenvalue weighted by atomic mass is 32.2. The molecule has 1 aromatic heterocycles. The number of hydrogen-bond acceptors (Lipinski definition) is 9. The number of aromatic nitrogens is 2. The van der Waals surface area contributed by atoms with Crippen molar-refractivity contribution in [2.45, 2.75) is 58.9 Å². The third-order valence-corrected chi connectivity index (χ3v) is 6.69. The maximum atomic E-state index is 14.0. The van der Waals surface area contributed by atoms with Crippen molar-refractivity contribution in [3.05, 3.63) is 17.6 Å². The van der Waals surface area contributed by atoms with Crippen molar-refractivity contribution in [1.82, 2.24) is 25.3 Å². The zero-order valence-corrected chi connectivity index (χ0v) is 23.3. The van der Waals surface area contributed by atoms with Gasteiger partial charge in [-0.05, 0) is 30.8 Å². The lowest BCUT2D eigenvalue weighted by Crippen LogP contribution is -2.55. The molecule has 12 heteroatoms. The molecule has 0 aromatic carbocycles. The number of nitrogens with zero attached hydrogens (tertiary/aromatic N) is 5. The predicted molar refractivity (Wildman–Crippen MR) is 147 cm³/mol. The van der Waals surface area contributed by atoms with Gasteiger partial charge in [0.05, 0.1) is 6.04 Å². The molecule has 2 heterocycles. The van der Waals surface area contributed by atoms with Gasteiger partial charge < -0.3 is 20.9 Å². The molecule has 1 aromatic rings. The molecule has 1 aliphatic rings. The molecule has 11 nitrogen and oxygen atoms in total. The van der Waals surface area contributed by atoms with Gasteiger partial charge in [-0.2, -0.15) is 16.9 Å². The highest BCUT2D eigenvalue weighted by Gasteiger charge is 2.36. The van der Waals surface area contributed by atoms with Crippen molar-refractivity contribution in [2.75, 3.05) is 43.5 Å². The number of hydrazone groups is 1. The molecule has 36 heavy (non-hydrogen) atoms. The molecule has 1 saturated heterocycles. The molecule has 202 valence electrons. The molecule has 0 saturated carbocycles. The minimum Gasteiger partial charge on any atom is -0.385 e. The first-order valence-corrected chi connectivity index (χ1v) is 13.8. The number of amides is 2. The van der Waals surface area contributed by atoms with Gasteiger partial charge in [0.15, 0.2) is 0 Å². The SMILES string of the molecule is CSCCCNc1nc(C(C)(C)C)ncc1C(=O)N(CC(C)C)C1CC(/C(N)=N/NN)CN(C=O)C1. The van der Waals surface area contributed by atoms with Crippen LogP contribution in [0.15, 0.2) is 11.3 Å². The maximum Gasteiger partial charge on any atom is 0.259 e. The number of piperidine rings is 1. The van der Waals surface area contributed by atoms with E-state index in [-0.39, 0.29) is 29.2 Å². The van der Waals surface area contributed by atoms with Crippen LogP contribution in [0.3, 0.4) is 0 Å². The predicted octanol–water partition coefficient (Wildman–Crippen LogP) is 1.62. The molecule has 2 rings (SSSR count). The Balaban J connectivity index is 2.44. The molecule has 2 atom stereocenters. The number of hydrogen-bond donors (Lipinski definition) is 4. The van der Waals surface area contributed by atoms with E-state index in [1.165, 1.54) is 0 Å². The Morgan fingerprint density at radius 3 is 2.69 bits per heavy atom. The fraction of sp³-hybridized carbons (Fsp3) is 0.708. The van der Waals surface area contributed by atoms with Gasteiger partial charge in [-0.3, -0.25) is 9.59 Å². The van der Waals surface area contributed by atoms with Crippen molar-refractivity contribution in [3.63, 3.8) is 0 Å². The van der Waals surface area contributed by atoms with Gasteiger partial charge in [-0.15, -0.1) is 0 Å². The monoisotopic (exact) mass is 521 g/mol. The fourth-order valence-corrected chi connectivity index (χ4v) is 4.63. The summed E-state index contributed by atoms with van der Waals surface area (Å²) in [6.45, 7) is 12.3. The van der Waals surface area contributed by atoms with Crippen LogP contribution in [-0.4, -0.2) is 82.2 Å². The second-order valence-corrected chi connectivity index (χ2v) is 11.6. The molecule has 0 aliphatic carbocycles. The van der Waals surface area contributed by atoms with Crippen LogP contribution in [0.5, 0.6) is 0 Å². The lowest BCUT2D eigenvalue weighted by molar-refractivity contribution is -0.120. The summed E-state index contributed by atoms with van der Waals surface area (Å²) in [6, 6.07) is -0.248. The van der Waals surface area contributed by atoms with Crippen LogP contribution in [0.2, 0.25) is 0 Å². The van der Waals surface area contributed by atoms with Gasteiger partial charge in [-0.1, -0.05) is 34.6 Å². The lowest BCUT2D eigenvalue weighted by atomic mass is 9.91. The van der Waals surface area contributed by atoms with Crippen molar-refractivity contribution < 1.29 is 9.59 Å². The van der Waals surface area contributed by atoms with Crippen LogP contribution in [0.4, 0.5) is 5.82 Å². The standard InChI is InChI=1S/C24H43N9O2S/c1-16(2)12-33(18-10-17(20(25)30-31-26)13-32(14-18)15-34)22(35)19-11-28-23(24(3,4)5)29-21(19)27-8-7-9-36-6/h11,15-18,31H,7-10,12-14,26H2,1-6H3,(H2,25,30)(H,27,28,29). The number of carbonyl (C=O) groups is 2. The number of hydrazine groups is 1. The summed E-state index contributed by atoms with van der Waals surface area (Å²) in [5.41, 5.74) is 8.51. The van der Waals surface area contributed by atoms with E-state index >= 15 is 0 Å². The highest BCUT2D eigenvalue weighted by molar-refractivity contribution is 7.98. The molecular formula is C24H43N9O2S. The summed E-state index contributed by atoms with van der Waals surface area (Å²) >= 11 is 1.78. The van der Waals surface area contributed by atoms with E-state index in [0.717, 1.165) is 18.6 Å². The van der Waals surface area contributed by atoms with Gasteiger partial charge in [0.1, 0.15) is 23.0 Å². The summed E-state index contributed by atoms with van der Waals surface area (Å²) < 4.78 is 0. The molecule has 1 fully saturated rings. The van der Waals surface area contributed by atoms with E-state index < -0.39 is 0 Å². The zero-order chi connectivity index (χ0) is 26.9. The van der Waals surface area contributed by atoms with Crippen LogP contribution in [0.25, 0.3) is 0 Å². The molecule has 2 amide bonds. The molecule has 0 bridgehead atoms. The zero-order valence-electron chi connectivity index (χ0n) is 22.5. The summed E-state index contributed by atoms with van der Waals surface area (Å²) in [4.78, 5) is 38.6. The smallest absolute Gasteiger partial charge is 0.259 e. The Morgan fingerprint density at radius 1 is 1.39 bits per heavy atom. The molecule has 0 spiro atoms. The van der Waals surface area contributed by atoms with E-state index in [2.05, 4.69) is 41.0 Å². The largest absolute Gasteiger partial charge is 0.385 e. The topological polar surface area (TPSA) is 155 Å². The van der Waals surface area contributed by atoms with Gasteiger partial charge >= 0.3 is 0 Å². The van der Waals surface area contributed by atoms with E-state index in [1.54, 1.807) is 22.9 Å². The normalized spacial score (nSPS) is 18.8. The number of nitrogens with one attached hydrogen (secondary N) is 2. The lowest BCUT2D eigenvalue weighted by Gasteiger charge is -2.42. The van der Waals surface area contributed by atoms with Crippen LogP contribution in [-0.2, 0) is 10.2 Å². The fourth-order valence-electron chi connectivity index (χ4n) is 4.20. The third-order valence-electron chi connectivity index (χ3n) is 5.99. The summed E-state index contributed by atoms with van der Waals surface area (Å²) in [5.74, 6) is 7.67. The minimum absolute atomic E-state index is 0.166. The first-order chi connectivity index (χ1) is 17.0. The number of amidine groups is 1. The number of nitrogens with two attached hydrogens (primary N) is 2. The molecule has 0 radical (unpaired) electrons. The number of rotatable bonds is 12. The Kier molecular flexibility index (Phi) is 11.2. The van der Waals surface area contributed by atoms with Crippen molar-refractivity contribution in [2.24, 2.45) is 28.5 Å². The van der Waals surface area contributed by atoms with Crippen molar-refractivity contribution in [1.29, 1.82) is 0 Å². The minimum atomic E-state index is -0.260. The third kappa shape index (κ3) is 8.22. The summed E-state index contributed by atoms with van der Waals surface area (Å²) in [7, 11) is 0. The van der Waals surface area contributed by atoms with E-state index in [0.29, 0.717) is 55.6 Å². The Hall–Kier alpha value is -2.60. The van der Waals surface area contributed by atoms with Crippen LogP contribution in [0, 0.1) is 11.8 Å². The maximum absolute atomic E-state index is 14.0. The summed E-state index contributed by atoms with van der Waals surface area (Å²) in [6.07, 6.45) is 6.01. The first kappa shape index (κ1) is 29.6. The van der Waals surface area contributed by atoms with Crippen LogP contribution in [0.1, 0.15) is 63.6 Å². The Morgan fingerprint density at radius 2 is 2.11 bits per heavy atom. The Bertz CT molecular complexity index is 904.